The fraction of sp³-hybridized carbons (Fsp3) is 0.400. The molecule has 0 bridgehead atoms. The first-order valence-electron chi connectivity index (χ1n) is 13.9. The molecular weight excluding hydrogens is 528 g/mol. The third-order valence-corrected chi connectivity index (χ3v) is 9.30. The normalized spacial score (nSPS) is 18.8. The van der Waals surface area contributed by atoms with Crippen LogP contribution >= 0.6 is 0 Å². The van der Waals surface area contributed by atoms with E-state index >= 15 is 0 Å². The number of benzene rings is 3. The van der Waals surface area contributed by atoms with Gasteiger partial charge in [-0.05, 0) is 63.3 Å². The summed E-state index contributed by atoms with van der Waals surface area (Å²) in [7, 11) is -3.85. The number of likely N-dealkylation sites (tertiary alicyclic amines) is 1. The first-order chi connectivity index (χ1) is 19.3. The van der Waals surface area contributed by atoms with E-state index in [0.717, 1.165) is 24.9 Å². The molecule has 1 atom stereocenters. The van der Waals surface area contributed by atoms with Gasteiger partial charge >= 0.3 is 0 Å². The summed E-state index contributed by atoms with van der Waals surface area (Å²) in [6.45, 7) is 6.06. The first kappa shape index (κ1) is 28.2. The zero-order chi connectivity index (χ0) is 28.3. The highest BCUT2D eigenvalue weighted by Gasteiger charge is 2.36. The molecule has 3 aromatic rings. The summed E-state index contributed by atoms with van der Waals surface area (Å²) in [4.78, 5) is 33.7. The average Bonchev–Trinajstić information content (AvgIpc) is 3.41. The molecule has 3 aromatic carbocycles. The van der Waals surface area contributed by atoms with E-state index in [2.05, 4.69) is 10.0 Å². The van der Waals surface area contributed by atoms with Crippen molar-refractivity contribution >= 4 is 38.3 Å². The van der Waals surface area contributed by atoms with Crippen molar-refractivity contribution in [3.63, 3.8) is 0 Å². The Labute approximate surface area is 235 Å². The Morgan fingerprint density at radius 2 is 1.65 bits per heavy atom. The number of sulfonamides is 1. The maximum absolute atomic E-state index is 13.6. The zero-order valence-corrected chi connectivity index (χ0v) is 23.7. The number of aryl methyl sites for hydroxylation is 1. The number of amides is 2. The molecule has 9 nitrogen and oxygen atoms in total. The fourth-order valence-corrected chi connectivity index (χ4v) is 7.19. The third-order valence-electron chi connectivity index (χ3n) is 7.72. The molecule has 2 aliphatic rings. The number of fused-ring (bicyclic) bond motifs is 1. The lowest BCUT2D eigenvalue weighted by atomic mass is 10.0. The smallest absolute Gasteiger partial charge is 0.255 e. The van der Waals surface area contributed by atoms with Crippen molar-refractivity contribution in [3.05, 3.63) is 71.8 Å². The molecule has 10 heteroatoms. The van der Waals surface area contributed by atoms with Gasteiger partial charge in [0.25, 0.3) is 5.91 Å². The summed E-state index contributed by atoms with van der Waals surface area (Å²) in [5, 5.41) is 5.91. The lowest BCUT2D eigenvalue weighted by molar-refractivity contribution is -0.180. The summed E-state index contributed by atoms with van der Waals surface area (Å²) in [6.07, 6.45) is 2.78. The largest absolute Gasteiger partial charge is 0.341 e. The van der Waals surface area contributed by atoms with Gasteiger partial charge < -0.3 is 10.2 Å². The minimum Gasteiger partial charge on any atom is -0.341 e. The van der Waals surface area contributed by atoms with Crippen molar-refractivity contribution in [3.8, 4) is 0 Å². The number of carbonyl (C=O) groups excluding carboxylic acids is 2. The van der Waals surface area contributed by atoms with Gasteiger partial charge in [0.15, 0.2) is 0 Å². The lowest BCUT2D eigenvalue weighted by Gasteiger charge is -2.35. The van der Waals surface area contributed by atoms with Crippen molar-refractivity contribution in [2.24, 2.45) is 0 Å². The molecule has 0 radical (unpaired) electrons. The van der Waals surface area contributed by atoms with E-state index in [9.17, 15) is 18.0 Å². The van der Waals surface area contributed by atoms with Gasteiger partial charge in [0.05, 0.1) is 11.5 Å². The molecular formula is C30H36N4O5S. The first-order valence-corrected chi connectivity index (χ1v) is 15.4. The number of nitrogens with one attached hydrogen (secondary N) is 2. The summed E-state index contributed by atoms with van der Waals surface area (Å²) >= 11 is 0. The molecule has 2 heterocycles. The SMILES string of the molecule is CCON1CCC[C@H]1C(=O)N1CCC(NS(=O)(=O)c2cccc3c(NC(=O)c4ccccc4C)cccc23)CC1. The van der Waals surface area contributed by atoms with Gasteiger partial charge in [-0.1, -0.05) is 42.5 Å². The Bertz CT molecular complexity index is 1500. The molecule has 40 heavy (non-hydrogen) atoms. The van der Waals surface area contributed by atoms with E-state index in [0.29, 0.717) is 54.6 Å². The number of carbonyl (C=O) groups is 2. The maximum Gasteiger partial charge on any atom is 0.255 e. The van der Waals surface area contributed by atoms with Crippen molar-refractivity contribution in [1.29, 1.82) is 0 Å². The number of hydrogen-bond acceptors (Lipinski definition) is 6. The average molecular weight is 565 g/mol. The van der Waals surface area contributed by atoms with Crippen molar-refractivity contribution < 1.29 is 22.8 Å². The number of nitrogens with zero attached hydrogens (tertiary/aromatic N) is 2. The lowest BCUT2D eigenvalue weighted by Crippen LogP contribution is -2.51. The molecule has 2 amide bonds. The van der Waals surface area contributed by atoms with Gasteiger partial charge in [-0.3, -0.25) is 14.4 Å². The third kappa shape index (κ3) is 5.90. The van der Waals surface area contributed by atoms with Crippen LogP contribution in [0.5, 0.6) is 0 Å². The maximum atomic E-state index is 13.6. The van der Waals surface area contributed by atoms with Gasteiger partial charge in [0.2, 0.25) is 15.9 Å². The second-order valence-electron chi connectivity index (χ2n) is 10.4. The number of hydrogen-bond donors (Lipinski definition) is 2. The van der Waals surface area contributed by atoms with Crippen molar-refractivity contribution in [1.82, 2.24) is 14.7 Å². The fourth-order valence-electron chi connectivity index (χ4n) is 5.66. The van der Waals surface area contributed by atoms with Crippen LogP contribution in [0.25, 0.3) is 10.8 Å². The van der Waals surface area contributed by atoms with Gasteiger partial charge in [-0.15, -0.1) is 0 Å². The molecule has 2 aliphatic heterocycles. The molecule has 0 unspecified atom stereocenters. The van der Waals surface area contributed by atoms with E-state index < -0.39 is 10.0 Å². The Balaban J connectivity index is 1.28. The Morgan fingerprint density at radius 1 is 0.925 bits per heavy atom. The number of piperidine rings is 1. The predicted octanol–water partition coefficient (Wildman–Crippen LogP) is 4.09. The minimum atomic E-state index is -3.85. The number of rotatable bonds is 8. The van der Waals surface area contributed by atoms with Crippen LogP contribution in [0, 0.1) is 6.92 Å². The van der Waals surface area contributed by atoms with E-state index in [1.807, 2.05) is 36.9 Å². The molecule has 2 saturated heterocycles. The molecule has 2 fully saturated rings. The predicted molar refractivity (Wildman–Crippen MR) is 154 cm³/mol. The molecule has 0 aromatic heterocycles. The minimum absolute atomic E-state index is 0.0570. The molecule has 5 rings (SSSR count). The molecule has 2 N–H and O–H groups in total. The van der Waals surface area contributed by atoms with Crippen LogP contribution in [0.15, 0.2) is 65.6 Å². The zero-order valence-electron chi connectivity index (χ0n) is 22.9. The monoisotopic (exact) mass is 564 g/mol. The van der Waals surface area contributed by atoms with Crippen molar-refractivity contribution in [2.75, 3.05) is 31.6 Å². The highest BCUT2D eigenvalue weighted by Crippen LogP contribution is 2.30. The highest BCUT2D eigenvalue weighted by atomic mass is 32.2. The topological polar surface area (TPSA) is 108 Å². The molecule has 0 spiro atoms. The van der Waals surface area contributed by atoms with Crippen LogP contribution in [0.2, 0.25) is 0 Å². The second-order valence-corrected chi connectivity index (χ2v) is 12.0. The van der Waals surface area contributed by atoms with E-state index in [-0.39, 0.29) is 28.8 Å². The molecule has 0 saturated carbocycles. The van der Waals surface area contributed by atoms with Crippen LogP contribution in [0.4, 0.5) is 5.69 Å². The van der Waals surface area contributed by atoms with Crippen LogP contribution < -0.4 is 10.0 Å². The van der Waals surface area contributed by atoms with Crippen LogP contribution in [-0.2, 0) is 19.7 Å². The Hall–Kier alpha value is -3.31. The van der Waals surface area contributed by atoms with Crippen molar-refractivity contribution in [2.45, 2.75) is 56.5 Å². The van der Waals surface area contributed by atoms with Crippen LogP contribution in [-0.4, -0.2) is 68.5 Å². The van der Waals surface area contributed by atoms with Gasteiger partial charge in [-0.25, -0.2) is 13.1 Å². The summed E-state index contributed by atoms with van der Waals surface area (Å²) in [6, 6.07) is 17.1. The summed E-state index contributed by atoms with van der Waals surface area (Å²) in [5.41, 5.74) is 1.96. The van der Waals surface area contributed by atoms with E-state index in [1.54, 1.807) is 47.5 Å². The van der Waals surface area contributed by atoms with Crippen LogP contribution in [0.1, 0.15) is 48.5 Å². The van der Waals surface area contributed by atoms with Gasteiger partial charge in [0.1, 0.15) is 6.04 Å². The highest BCUT2D eigenvalue weighted by molar-refractivity contribution is 7.89. The summed E-state index contributed by atoms with van der Waals surface area (Å²) in [5.74, 6) is -0.193. The summed E-state index contributed by atoms with van der Waals surface area (Å²) < 4.78 is 30.0. The number of hydroxylamine groups is 2. The van der Waals surface area contributed by atoms with E-state index in [4.69, 9.17) is 4.84 Å². The quantitative estimate of drug-likeness (QED) is 0.427. The standard InChI is InChI=1S/C30H36N4O5S/c1-3-39-34-18-8-14-27(34)30(36)33-19-16-22(17-20-33)32-40(37,38)28-15-7-11-24-25(28)12-6-13-26(24)31-29(35)23-10-5-4-9-21(23)2/h4-7,9-13,15,22,27,32H,3,8,14,16-20H2,1-2H3,(H,31,35)/t27-/m0/s1. The van der Waals surface area contributed by atoms with Gasteiger partial charge in [-0.2, -0.15) is 5.06 Å². The number of anilines is 1. The second kappa shape index (κ2) is 12.1. The molecule has 212 valence electrons. The van der Waals surface area contributed by atoms with Crippen LogP contribution in [0.3, 0.4) is 0 Å². The van der Waals surface area contributed by atoms with Gasteiger partial charge in [0, 0.05) is 47.7 Å². The molecule has 0 aliphatic carbocycles. The Morgan fingerprint density at radius 3 is 2.40 bits per heavy atom. The Kier molecular flexibility index (Phi) is 8.51. The van der Waals surface area contributed by atoms with E-state index in [1.165, 1.54) is 0 Å².